The van der Waals surface area contributed by atoms with Gasteiger partial charge in [-0.25, -0.2) is 4.79 Å². The summed E-state index contributed by atoms with van der Waals surface area (Å²) in [6, 6.07) is 10.8. The highest BCUT2D eigenvalue weighted by Gasteiger charge is 2.24. The van der Waals surface area contributed by atoms with Gasteiger partial charge in [-0.2, -0.15) is 0 Å². The molecule has 32 heavy (non-hydrogen) atoms. The molecule has 1 atom stereocenters. The van der Waals surface area contributed by atoms with Gasteiger partial charge in [-0.05, 0) is 49.1 Å². The predicted octanol–water partition coefficient (Wildman–Crippen LogP) is 2.89. The van der Waals surface area contributed by atoms with E-state index in [0.29, 0.717) is 25.1 Å². The Morgan fingerprint density at radius 3 is 2.53 bits per heavy atom. The Balaban J connectivity index is 1.85. The second kappa shape index (κ2) is 10.6. The largest absolute Gasteiger partial charge is 0.461 e. The first kappa shape index (κ1) is 23.0. The van der Waals surface area contributed by atoms with Crippen molar-refractivity contribution < 1.29 is 23.9 Å². The number of nitrogens with one attached hydrogen (secondary N) is 3. The molecule has 0 saturated carbocycles. The SMILES string of the molecule is CCOC(=O)C(=CCC[C@H]1CCNC1=O)NC(=O)c1cc2ccccc2cc1NC(C)=O. The van der Waals surface area contributed by atoms with E-state index < -0.39 is 11.9 Å². The lowest BCUT2D eigenvalue weighted by Crippen LogP contribution is -2.29. The summed E-state index contributed by atoms with van der Waals surface area (Å²) < 4.78 is 5.08. The molecule has 1 fully saturated rings. The summed E-state index contributed by atoms with van der Waals surface area (Å²) in [5.74, 6) is -1.60. The Bertz CT molecular complexity index is 1080. The summed E-state index contributed by atoms with van der Waals surface area (Å²) in [6.45, 7) is 3.85. The molecule has 1 aliphatic rings. The first-order valence-electron chi connectivity index (χ1n) is 10.7. The van der Waals surface area contributed by atoms with Crippen LogP contribution in [0.3, 0.4) is 0 Å². The van der Waals surface area contributed by atoms with E-state index in [-0.39, 0.29) is 35.6 Å². The third-order valence-corrected chi connectivity index (χ3v) is 5.21. The first-order valence-corrected chi connectivity index (χ1v) is 10.7. The van der Waals surface area contributed by atoms with Crippen LogP contribution in [0.5, 0.6) is 0 Å². The highest BCUT2D eigenvalue weighted by molar-refractivity contribution is 6.09. The Morgan fingerprint density at radius 1 is 1.19 bits per heavy atom. The Labute approximate surface area is 186 Å². The van der Waals surface area contributed by atoms with E-state index in [1.165, 1.54) is 6.92 Å². The molecule has 1 heterocycles. The highest BCUT2D eigenvalue weighted by atomic mass is 16.5. The van der Waals surface area contributed by atoms with Crippen molar-refractivity contribution in [3.8, 4) is 0 Å². The highest BCUT2D eigenvalue weighted by Crippen LogP contribution is 2.25. The van der Waals surface area contributed by atoms with E-state index in [1.807, 2.05) is 24.3 Å². The van der Waals surface area contributed by atoms with Gasteiger partial charge in [0.1, 0.15) is 5.70 Å². The Kier molecular flexibility index (Phi) is 7.59. The van der Waals surface area contributed by atoms with E-state index >= 15 is 0 Å². The van der Waals surface area contributed by atoms with E-state index in [9.17, 15) is 19.2 Å². The maximum Gasteiger partial charge on any atom is 0.354 e. The molecular weight excluding hydrogens is 410 g/mol. The lowest BCUT2D eigenvalue weighted by atomic mass is 10.0. The molecule has 0 radical (unpaired) electrons. The molecule has 0 spiro atoms. The number of anilines is 1. The van der Waals surface area contributed by atoms with Crippen molar-refractivity contribution in [3.05, 3.63) is 53.7 Å². The van der Waals surface area contributed by atoms with Gasteiger partial charge in [0.15, 0.2) is 0 Å². The van der Waals surface area contributed by atoms with Crippen molar-refractivity contribution in [1.29, 1.82) is 0 Å². The van der Waals surface area contributed by atoms with Gasteiger partial charge in [-0.1, -0.05) is 30.3 Å². The summed E-state index contributed by atoms with van der Waals surface area (Å²) in [5, 5.41) is 9.78. The van der Waals surface area contributed by atoms with Gasteiger partial charge in [0.2, 0.25) is 11.8 Å². The van der Waals surface area contributed by atoms with Crippen molar-refractivity contribution >= 4 is 40.2 Å². The summed E-state index contributed by atoms with van der Waals surface area (Å²) in [4.78, 5) is 49.0. The van der Waals surface area contributed by atoms with Crippen LogP contribution in [0.1, 0.15) is 43.5 Å². The molecule has 0 bridgehead atoms. The summed E-state index contributed by atoms with van der Waals surface area (Å²) in [7, 11) is 0. The number of allylic oxidation sites excluding steroid dienone is 1. The predicted molar refractivity (Wildman–Crippen MR) is 121 cm³/mol. The number of fused-ring (bicyclic) bond motifs is 1. The topological polar surface area (TPSA) is 114 Å². The lowest BCUT2D eigenvalue weighted by Gasteiger charge is -2.14. The van der Waals surface area contributed by atoms with Crippen LogP contribution in [0.2, 0.25) is 0 Å². The van der Waals surface area contributed by atoms with Crippen molar-refractivity contribution in [2.24, 2.45) is 5.92 Å². The molecule has 3 amide bonds. The molecule has 2 aromatic rings. The number of benzene rings is 2. The first-order chi connectivity index (χ1) is 15.4. The van der Waals surface area contributed by atoms with E-state index in [2.05, 4.69) is 16.0 Å². The number of carbonyl (C=O) groups excluding carboxylic acids is 4. The standard InChI is InChI=1S/C24H27N3O5/c1-3-32-24(31)20(10-6-9-16-11-12-25-22(16)29)27-23(30)19-13-17-7-4-5-8-18(17)14-21(19)26-15(2)28/h4-5,7-8,10,13-14,16H,3,6,9,11-12H2,1-2H3,(H,25,29)(H,26,28)(H,27,30)/t16-/m0/s1. The third-order valence-electron chi connectivity index (χ3n) is 5.21. The van der Waals surface area contributed by atoms with E-state index in [0.717, 1.165) is 17.2 Å². The van der Waals surface area contributed by atoms with Gasteiger partial charge in [0, 0.05) is 19.4 Å². The molecule has 3 rings (SSSR count). The molecule has 8 heteroatoms. The molecular formula is C24H27N3O5. The van der Waals surface area contributed by atoms with E-state index in [4.69, 9.17) is 4.74 Å². The lowest BCUT2D eigenvalue weighted by molar-refractivity contribution is -0.138. The second-order valence-corrected chi connectivity index (χ2v) is 7.57. The second-order valence-electron chi connectivity index (χ2n) is 7.57. The summed E-state index contributed by atoms with van der Waals surface area (Å²) in [5.41, 5.74) is 0.584. The van der Waals surface area contributed by atoms with E-state index in [1.54, 1.807) is 25.1 Å². The fraction of sp³-hybridized carbons (Fsp3) is 0.333. The molecule has 0 aliphatic carbocycles. The number of amides is 3. The summed E-state index contributed by atoms with van der Waals surface area (Å²) in [6.07, 6.45) is 3.34. The van der Waals surface area contributed by atoms with Crippen molar-refractivity contribution in [2.45, 2.75) is 33.1 Å². The number of ether oxygens (including phenoxy) is 1. The van der Waals surface area contributed by atoms with Gasteiger partial charge < -0.3 is 20.7 Å². The monoisotopic (exact) mass is 437 g/mol. The van der Waals surface area contributed by atoms with Crippen molar-refractivity contribution in [2.75, 3.05) is 18.5 Å². The van der Waals surface area contributed by atoms with Crippen LogP contribution >= 0.6 is 0 Å². The molecule has 1 aliphatic heterocycles. The Morgan fingerprint density at radius 2 is 1.91 bits per heavy atom. The molecule has 2 aromatic carbocycles. The smallest absolute Gasteiger partial charge is 0.354 e. The molecule has 0 aromatic heterocycles. The van der Waals surface area contributed by atoms with Crippen molar-refractivity contribution in [1.82, 2.24) is 10.6 Å². The van der Waals surface area contributed by atoms with Gasteiger partial charge in [0.25, 0.3) is 5.91 Å². The zero-order valence-electron chi connectivity index (χ0n) is 18.2. The molecule has 168 valence electrons. The molecule has 3 N–H and O–H groups in total. The van der Waals surface area contributed by atoms with Crippen LogP contribution in [-0.4, -0.2) is 36.8 Å². The van der Waals surface area contributed by atoms with Crippen LogP contribution in [0.25, 0.3) is 10.8 Å². The minimum Gasteiger partial charge on any atom is -0.461 e. The molecule has 1 saturated heterocycles. The average molecular weight is 437 g/mol. The van der Waals surface area contributed by atoms with Crippen molar-refractivity contribution in [3.63, 3.8) is 0 Å². The van der Waals surface area contributed by atoms with Gasteiger partial charge >= 0.3 is 5.97 Å². The average Bonchev–Trinajstić information content (AvgIpc) is 3.16. The van der Waals surface area contributed by atoms with Crippen LogP contribution in [0.4, 0.5) is 5.69 Å². The zero-order chi connectivity index (χ0) is 23.1. The quantitative estimate of drug-likeness (QED) is 0.434. The molecule has 8 nitrogen and oxygen atoms in total. The zero-order valence-corrected chi connectivity index (χ0v) is 18.2. The minimum absolute atomic E-state index is 0.0104. The van der Waals surface area contributed by atoms with Gasteiger partial charge in [0.05, 0.1) is 17.9 Å². The van der Waals surface area contributed by atoms with Crippen LogP contribution in [-0.2, 0) is 19.1 Å². The van der Waals surface area contributed by atoms with Gasteiger partial charge in [-0.15, -0.1) is 0 Å². The number of rotatable bonds is 8. The van der Waals surface area contributed by atoms with Gasteiger partial charge in [-0.3, -0.25) is 14.4 Å². The number of hydrogen-bond donors (Lipinski definition) is 3. The number of carbonyl (C=O) groups is 4. The normalized spacial score (nSPS) is 15.9. The maximum absolute atomic E-state index is 13.1. The third kappa shape index (κ3) is 5.72. The number of esters is 1. The van der Waals surface area contributed by atoms with Crippen LogP contribution < -0.4 is 16.0 Å². The summed E-state index contributed by atoms with van der Waals surface area (Å²) >= 11 is 0. The van der Waals surface area contributed by atoms with Crippen LogP contribution in [0.15, 0.2) is 48.2 Å². The van der Waals surface area contributed by atoms with Crippen LogP contribution in [0, 0.1) is 5.92 Å². The fourth-order valence-corrected chi connectivity index (χ4v) is 3.65. The molecule has 0 unspecified atom stereocenters. The number of hydrogen-bond acceptors (Lipinski definition) is 5. The maximum atomic E-state index is 13.1. The Hall–Kier alpha value is -3.68. The fourth-order valence-electron chi connectivity index (χ4n) is 3.65. The minimum atomic E-state index is -0.654.